The molecule has 3 N–H and O–H groups in total. The minimum absolute atomic E-state index is 0.0325. The fourth-order valence-corrected chi connectivity index (χ4v) is 1.67. The molecule has 0 atom stereocenters. The van der Waals surface area contributed by atoms with E-state index in [1.54, 1.807) is 5.32 Å². The minimum Gasteiger partial charge on any atom is -0.398 e. The summed E-state index contributed by atoms with van der Waals surface area (Å²) in [6.07, 6.45) is -4.50. The second-order valence-corrected chi connectivity index (χ2v) is 4.64. The lowest BCUT2D eigenvalue weighted by atomic mass is 10.2. The molecule has 116 valence electrons. The van der Waals surface area contributed by atoms with Crippen molar-refractivity contribution < 1.29 is 22.8 Å². The number of nitrogen functional groups attached to an aromatic ring is 1. The standard InChI is InChI=1S/C12H13ClF3N3O2/c1-19(5-9(20)18-6-12(14,15)16)11(21)7-3-2-4-8(17)10(7)13/h2-4H,5-6,17H2,1H3,(H,18,20). The van der Waals surface area contributed by atoms with Crippen LogP contribution in [-0.4, -0.2) is 43.0 Å². The van der Waals surface area contributed by atoms with Crippen molar-refractivity contribution >= 4 is 29.1 Å². The average molecular weight is 324 g/mol. The Hall–Kier alpha value is -1.96. The maximum Gasteiger partial charge on any atom is 0.405 e. The number of nitrogens with two attached hydrogens (primary N) is 1. The highest BCUT2D eigenvalue weighted by Gasteiger charge is 2.28. The van der Waals surface area contributed by atoms with Crippen LogP contribution in [0.25, 0.3) is 0 Å². The molecule has 0 bridgehead atoms. The zero-order valence-corrected chi connectivity index (χ0v) is 11.8. The molecule has 0 aliphatic rings. The van der Waals surface area contributed by atoms with Crippen molar-refractivity contribution in [3.05, 3.63) is 28.8 Å². The van der Waals surface area contributed by atoms with Crippen LogP contribution in [0.2, 0.25) is 5.02 Å². The number of amides is 2. The Labute approximate surface area is 123 Å². The molecule has 1 rings (SSSR count). The summed E-state index contributed by atoms with van der Waals surface area (Å²) in [4.78, 5) is 24.3. The first kappa shape index (κ1) is 17.1. The lowest BCUT2D eigenvalue weighted by molar-refractivity contribution is -0.138. The molecule has 0 aliphatic carbocycles. The number of halogens is 4. The first-order chi connectivity index (χ1) is 9.61. The summed E-state index contributed by atoms with van der Waals surface area (Å²) in [7, 11) is 1.27. The third-order valence-electron chi connectivity index (χ3n) is 2.47. The molecule has 0 saturated heterocycles. The van der Waals surface area contributed by atoms with E-state index in [-0.39, 0.29) is 16.3 Å². The van der Waals surface area contributed by atoms with E-state index in [0.29, 0.717) is 0 Å². The van der Waals surface area contributed by atoms with Gasteiger partial charge in [0.15, 0.2) is 0 Å². The zero-order valence-electron chi connectivity index (χ0n) is 11.0. The number of rotatable bonds is 4. The summed E-state index contributed by atoms with van der Waals surface area (Å²) in [6.45, 7) is -1.98. The van der Waals surface area contributed by atoms with Crippen molar-refractivity contribution in [3.8, 4) is 0 Å². The quantitative estimate of drug-likeness (QED) is 0.828. The number of nitrogens with one attached hydrogen (secondary N) is 1. The maximum atomic E-state index is 12.0. The van der Waals surface area contributed by atoms with E-state index in [4.69, 9.17) is 17.3 Å². The van der Waals surface area contributed by atoms with Crippen molar-refractivity contribution in [3.63, 3.8) is 0 Å². The van der Waals surface area contributed by atoms with Gasteiger partial charge in [0.05, 0.1) is 22.8 Å². The summed E-state index contributed by atoms with van der Waals surface area (Å²) in [5, 5.41) is 1.70. The largest absolute Gasteiger partial charge is 0.405 e. The van der Waals surface area contributed by atoms with Gasteiger partial charge in [-0.25, -0.2) is 0 Å². The summed E-state index contributed by atoms with van der Waals surface area (Å²) in [5.41, 5.74) is 5.81. The summed E-state index contributed by atoms with van der Waals surface area (Å²) in [6, 6.07) is 4.41. The fourth-order valence-electron chi connectivity index (χ4n) is 1.46. The lowest BCUT2D eigenvalue weighted by Crippen LogP contribution is -2.41. The highest BCUT2D eigenvalue weighted by molar-refractivity contribution is 6.36. The number of alkyl halides is 3. The highest BCUT2D eigenvalue weighted by atomic mass is 35.5. The van der Waals surface area contributed by atoms with Gasteiger partial charge in [-0.15, -0.1) is 0 Å². The topological polar surface area (TPSA) is 75.4 Å². The van der Waals surface area contributed by atoms with Gasteiger partial charge < -0.3 is 16.0 Å². The molecule has 5 nitrogen and oxygen atoms in total. The molecule has 21 heavy (non-hydrogen) atoms. The van der Waals surface area contributed by atoms with Crippen LogP contribution in [0.5, 0.6) is 0 Å². The van der Waals surface area contributed by atoms with Crippen LogP contribution in [0.3, 0.4) is 0 Å². The molecule has 0 unspecified atom stereocenters. The van der Waals surface area contributed by atoms with Gasteiger partial charge >= 0.3 is 6.18 Å². The minimum atomic E-state index is -4.50. The van der Waals surface area contributed by atoms with E-state index in [0.717, 1.165) is 4.90 Å². The van der Waals surface area contributed by atoms with Crippen LogP contribution in [0, 0.1) is 0 Å². The molecule has 1 aromatic rings. The van der Waals surface area contributed by atoms with Gasteiger partial charge in [0.1, 0.15) is 6.54 Å². The van der Waals surface area contributed by atoms with E-state index < -0.39 is 31.1 Å². The summed E-state index contributed by atoms with van der Waals surface area (Å²) >= 11 is 5.87. The van der Waals surface area contributed by atoms with Crippen LogP contribution in [0.4, 0.5) is 18.9 Å². The van der Waals surface area contributed by atoms with E-state index in [1.165, 1.54) is 25.2 Å². The number of nitrogens with zero attached hydrogens (tertiary/aromatic N) is 1. The second kappa shape index (κ2) is 6.66. The molecular weight excluding hydrogens is 311 g/mol. The van der Waals surface area contributed by atoms with Gasteiger partial charge in [0.2, 0.25) is 5.91 Å². The smallest absolute Gasteiger partial charge is 0.398 e. The van der Waals surface area contributed by atoms with Gasteiger partial charge in [-0.3, -0.25) is 9.59 Å². The van der Waals surface area contributed by atoms with E-state index >= 15 is 0 Å². The number of hydrogen-bond acceptors (Lipinski definition) is 3. The fraction of sp³-hybridized carbons (Fsp3) is 0.333. The van der Waals surface area contributed by atoms with E-state index in [1.807, 2.05) is 0 Å². The monoisotopic (exact) mass is 323 g/mol. The van der Waals surface area contributed by atoms with Gasteiger partial charge in [-0.05, 0) is 12.1 Å². The van der Waals surface area contributed by atoms with E-state index in [2.05, 4.69) is 0 Å². The van der Waals surface area contributed by atoms with Gasteiger partial charge in [0, 0.05) is 7.05 Å². The lowest BCUT2D eigenvalue weighted by Gasteiger charge is -2.18. The number of benzene rings is 1. The maximum absolute atomic E-state index is 12.0. The number of anilines is 1. The van der Waals surface area contributed by atoms with Crippen molar-refractivity contribution in [2.75, 3.05) is 25.9 Å². The molecular formula is C12H13ClF3N3O2. The van der Waals surface area contributed by atoms with Crippen molar-refractivity contribution in [2.24, 2.45) is 0 Å². The molecule has 0 aromatic heterocycles. The molecule has 0 heterocycles. The SMILES string of the molecule is CN(CC(=O)NCC(F)(F)F)C(=O)c1cccc(N)c1Cl. The highest BCUT2D eigenvalue weighted by Crippen LogP contribution is 2.23. The Morgan fingerprint density at radius 2 is 2.00 bits per heavy atom. The number of carbonyl (C=O) groups excluding carboxylic acids is 2. The molecule has 0 radical (unpaired) electrons. The van der Waals surface area contributed by atoms with Crippen LogP contribution >= 0.6 is 11.6 Å². The van der Waals surface area contributed by atoms with Crippen molar-refractivity contribution in [2.45, 2.75) is 6.18 Å². The third-order valence-corrected chi connectivity index (χ3v) is 2.89. The Balaban J connectivity index is 2.67. The van der Waals surface area contributed by atoms with Gasteiger partial charge in [0.25, 0.3) is 5.91 Å². The first-order valence-electron chi connectivity index (χ1n) is 5.74. The predicted octanol–water partition coefficient (Wildman–Crippen LogP) is 1.67. The van der Waals surface area contributed by atoms with Gasteiger partial charge in [-0.1, -0.05) is 17.7 Å². The average Bonchev–Trinajstić information content (AvgIpc) is 2.38. The van der Waals surface area contributed by atoms with Crippen LogP contribution in [0.1, 0.15) is 10.4 Å². The molecule has 2 amide bonds. The van der Waals surface area contributed by atoms with Gasteiger partial charge in [-0.2, -0.15) is 13.2 Å². The Morgan fingerprint density at radius 1 is 1.38 bits per heavy atom. The number of likely N-dealkylation sites (N-methyl/N-ethyl adjacent to an activating group) is 1. The van der Waals surface area contributed by atoms with Crippen LogP contribution < -0.4 is 11.1 Å². The molecule has 9 heteroatoms. The van der Waals surface area contributed by atoms with Crippen LogP contribution in [0.15, 0.2) is 18.2 Å². The predicted molar refractivity (Wildman–Crippen MR) is 71.9 cm³/mol. The first-order valence-corrected chi connectivity index (χ1v) is 6.12. The summed E-state index contributed by atoms with van der Waals surface area (Å²) < 4.78 is 35.8. The molecule has 0 saturated carbocycles. The molecule has 0 aliphatic heterocycles. The number of hydrogen-bond donors (Lipinski definition) is 2. The third kappa shape index (κ3) is 5.14. The Kier molecular flexibility index (Phi) is 5.42. The van der Waals surface area contributed by atoms with Crippen LogP contribution in [-0.2, 0) is 4.79 Å². The molecule has 1 aromatic carbocycles. The molecule has 0 spiro atoms. The number of carbonyl (C=O) groups is 2. The summed E-state index contributed by atoms with van der Waals surface area (Å²) in [5.74, 6) is -1.54. The Morgan fingerprint density at radius 3 is 2.57 bits per heavy atom. The van der Waals surface area contributed by atoms with E-state index in [9.17, 15) is 22.8 Å². The Bertz CT molecular complexity index is 549. The molecule has 0 fully saturated rings. The van der Waals surface area contributed by atoms with Crippen molar-refractivity contribution in [1.29, 1.82) is 0 Å². The normalized spacial score (nSPS) is 11.1. The van der Waals surface area contributed by atoms with Crippen molar-refractivity contribution in [1.82, 2.24) is 10.2 Å². The zero-order chi connectivity index (χ0) is 16.2. The second-order valence-electron chi connectivity index (χ2n) is 4.26.